The first-order chi connectivity index (χ1) is 8.53. The molecule has 0 aromatic carbocycles. The third-order valence-corrected chi connectivity index (χ3v) is 5.08. The highest BCUT2D eigenvalue weighted by Gasteiger charge is 2.36. The number of hydrogen-bond donors (Lipinski definition) is 2. The van der Waals surface area contributed by atoms with Gasteiger partial charge in [0.05, 0.1) is 12.0 Å². The van der Waals surface area contributed by atoms with Gasteiger partial charge >= 0.3 is 10.2 Å². The molecule has 2 unspecified atom stereocenters. The average molecular weight is 287 g/mol. The second kappa shape index (κ2) is 5.46. The van der Waals surface area contributed by atoms with Crippen LogP contribution < -0.4 is 10.5 Å². The number of hydrogen-bond acceptors (Lipinski definition) is 4. The van der Waals surface area contributed by atoms with Crippen LogP contribution in [0.1, 0.15) is 19.8 Å². The minimum atomic E-state index is -3.63. The SMILES string of the molecule is CCCCSC1=CC=CC2NS(=O)(=O)N=C(N)C12. The van der Waals surface area contributed by atoms with Gasteiger partial charge in [-0.25, -0.2) is 0 Å². The Morgan fingerprint density at radius 1 is 1.56 bits per heavy atom. The number of nitrogens with zero attached hydrogens (tertiary/aromatic N) is 1. The molecular formula is C11H17N3O2S2. The van der Waals surface area contributed by atoms with Crippen LogP contribution in [0.15, 0.2) is 27.5 Å². The predicted molar refractivity (Wildman–Crippen MR) is 75.5 cm³/mol. The lowest BCUT2D eigenvalue weighted by Gasteiger charge is -2.31. The van der Waals surface area contributed by atoms with Gasteiger partial charge in [0.15, 0.2) is 0 Å². The number of allylic oxidation sites excluding steroid dienone is 2. The Balaban J connectivity index is 2.19. The van der Waals surface area contributed by atoms with E-state index in [1.54, 1.807) is 11.8 Å². The zero-order chi connectivity index (χ0) is 13.2. The quantitative estimate of drug-likeness (QED) is 0.760. The summed E-state index contributed by atoms with van der Waals surface area (Å²) < 4.78 is 28.9. The Hall–Kier alpha value is -0.790. The van der Waals surface area contributed by atoms with Crippen molar-refractivity contribution in [2.45, 2.75) is 25.8 Å². The molecule has 0 fully saturated rings. The summed E-state index contributed by atoms with van der Waals surface area (Å²) in [5.74, 6) is 1.04. The molecule has 0 radical (unpaired) electrons. The predicted octanol–water partition coefficient (Wildman–Crippen LogP) is 1.16. The molecule has 1 heterocycles. The summed E-state index contributed by atoms with van der Waals surface area (Å²) in [5.41, 5.74) is 5.80. The largest absolute Gasteiger partial charge is 0.386 e. The zero-order valence-corrected chi connectivity index (χ0v) is 11.8. The minimum absolute atomic E-state index is 0.152. The monoisotopic (exact) mass is 287 g/mol. The zero-order valence-electron chi connectivity index (χ0n) is 10.2. The van der Waals surface area contributed by atoms with E-state index in [-0.39, 0.29) is 17.8 Å². The maximum atomic E-state index is 11.4. The summed E-state index contributed by atoms with van der Waals surface area (Å²) in [4.78, 5) is 1.08. The highest BCUT2D eigenvalue weighted by molar-refractivity contribution is 8.03. The van der Waals surface area contributed by atoms with Crippen molar-refractivity contribution in [1.29, 1.82) is 0 Å². The highest BCUT2D eigenvalue weighted by Crippen LogP contribution is 2.33. The van der Waals surface area contributed by atoms with Gasteiger partial charge in [0, 0.05) is 0 Å². The molecular weight excluding hydrogens is 270 g/mol. The van der Waals surface area contributed by atoms with Crippen molar-refractivity contribution in [1.82, 2.24) is 4.72 Å². The van der Waals surface area contributed by atoms with Crippen molar-refractivity contribution in [3.05, 3.63) is 23.1 Å². The summed E-state index contributed by atoms with van der Waals surface area (Å²) in [6.07, 6.45) is 7.94. The van der Waals surface area contributed by atoms with Crippen LogP contribution in [-0.4, -0.2) is 26.0 Å². The van der Waals surface area contributed by atoms with Crippen molar-refractivity contribution < 1.29 is 8.42 Å². The van der Waals surface area contributed by atoms with E-state index in [2.05, 4.69) is 16.0 Å². The number of amidine groups is 1. The normalized spacial score (nSPS) is 29.4. The van der Waals surface area contributed by atoms with Crippen LogP contribution in [0.5, 0.6) is 0 Å². The molecule has 2 rings (SSSR count). The third kappa shape index (κ3) is 2.96. The second-order valence-corrected chi connectivity index (χ2v) is 6.81. The Morgan fingerprint density at radius 3 is 3.06 bits per heavy atom. The van der Waals surface area contributed by atoms with Crippen molar-refractivity contribution in [2.75, 3.05) is 5.75 Å². The first-order valence-electron chi connectivity index (χ1n) is 5.92. The van der Waals surface area contributed by atoms with E-state index in [4.69, 9.17) is 5.73 Å². The summed E-state index contributed by atoms with van der Waals surface area (Å²) >= 11 is 1.73. The topological polar surface area (TPSA) is 84.5 Å². The Labute approximate surface area is 112 Å². The summed E-state index contributed by atoms with van der Waals surface area (Å²) in [6.45, 7) is 2.14. The van der Waals surface area contributed by atoms with E-state index in [1.807, 2.05) is 18.2 Å². The van der Waals surface area contributed by atoms with Crippen molar-refractivity contribution >= 4 is 27.8 Å². The van der Waals surface area contributed by atoms with Crippen molar-refractivity contribution in [3.8, 4) is 0 Å². The fourth-order valence-corrected chi connectivity index (χ4v) is 4.26. The van der Waals surface area contributed by atoms with E-state index in [1.165, 1.54) is 0 Å². The van der Waals surface area contributed by atoms with Gasteiger partial charge in [0.1, 0.15) is 5.84 Å². The lowest BCUT2D eigenvalue weighted by molar-refractivity contribution is 0.549. The fraction of sp³-hybridized carbons (Fsp3) is 0.545. The van der Waals surface area contributed by atoms with Gasteiger partial charge in [-0.1, -0.05) is 31.6 Å². The van der Waals surface area contributed by atoms with E-state index in [0.29, 0.717) is 0 Å². The standard InChI is InChI=1S/C11H17N3O2S2/c1-2-3-7-17-9-6-4-5-8-10(9)11(12)14-18(15,16)13-8/h4-6,8,10,13H,2-3,7H2,1H3,(H2,12,14). The van der Waals surface area contributed by atoms with Crippen LogP contribution in [0.2, 0.25) is 0 Å². The van der Waals surface area contributed by atoms with Gasteiger partial charge in [-0.3, -0.25) is 0 Å². The molecule has 0 aromatic rings. The second-order valence-electron chi connectivity index (χ2n) is 4.27. The van der Waals surface area contributed by atoms with Gasteiger partial charge in [-0.05, 0) is 17.1 Å². The molecule has 7 heteroatoms. The van der Waals surface area contributed by atoms with Crippen LogP contribution in [0.4, 0.5) is 0 Å². The molecule has 100 valence electrons. The molecule has 0 aromatic heterocycles. The third-order valence-electron chi connectivity index (χ3n) is 2.84. The molecule has 18 heavy (non-hydrogen) atoms. The number of unbranched alkanes of at least 4 members (excludes halogenated alkanes) is 1. The van der Waals surface area contributed by atoms with Gasteiger partial charge in [0.2, 0.25) is 0 Å². The van der Waals surface area contributed by atoms with Crippen LogP contribution in [-0.2, 0) is 10.2 Å². The molecule has 0 saturated heterocycles. The number of nitrogens with two attached hydrogens (primary N) is 1. The molecule has 0 saturated carbocycles. The minimum Gasteiger partial charge on any atom is -0.386 e. The molecule has 2 atom stereocenters. The molecule has 0 amide bonds. The highest BCUT2D eigenvalue weighted by atomic mass is 32.2. The van der Waals surface area contributed by atoms with Crippen LogP contribution in [0.3, 0.4) is 0 Å². The molecule has 5 nitrogen and oxygen atoms in total. The first-order valence-corrected chi connectivity index (χ1v) is 8.35. The van der Waals surface area contributed by atoms with Crippen LogP contribution in [0, 0.1) is 5.92 Å². The summed E-state index contributed by atoms with van der Waals surface area (Å²) in [6, 6.07) is -0.304. The van der Waals surface area contributed by atoms with Gasteiger partial charge in [-0.2, -0.15) is 13.1 Å². The van der Waals surface area contributed by atoms with E-state index < -0.39 is 10.2 Å². The Morgan fingerprint density at radius 2 is 2.33 bits per heavy atom. The smallest absolute Gasteiger partial charge is 0.322 e. The molecule has 3 N–H and O–H groups in total. The first kappa shape index (κ1) is 13.6. The van der Waals surface area contributed by atoms with Gasteiger partial charge in [-0.15, -0.1) is 16.2 Å². The van der Waals surface area contributed by atoms with Gasteiger partial charge in [0.25, 0.3) is 0 Å². The molecule has 2 aliphatic rings. The van der Waals surface area contributed by atoms with E-state index in [9.17, 15) is 8.42 Å². The van der Waals surface area contributed by atoms with Crippen molar-refractivity contribution in [3.63, 3.8) is 0 Å². The number of nitrogens with one attached hydrogen (secondary N) is 1. The maximum Gasteiger partial charge on any atom is 0.322 e. The van der Waals surface area contributed by atoms with E-state index in [0.717, 1.165) is 23.5 Å². The number of rotatable bonds is 4. The fourth-order valence-electron chi connectivity index (χ4n) is 1.97. The summed E-state index contributed by atoms with van der Waals surface area (Å²) in [7, 11) is -3.63. The Kier molecular flexibility index (Phi) is 4.14. The lowest BCUT2D eigenvalue weighted by Crippen LogP contribution is -2.49. The average Bonchev–Trinajstić information content (AvgIpc) is 2.27. The summed E-state index contributed by atoms with van der Waals surface area (Å²) in [5, 5.41) is 0. The van der Waals surface area contributed by atoms with Crippen molar-refractivity contribution in [2.24, 2.45) is 16.0 Å². The number of fused-ring (bicyclic) bond motifs is 1. The Bertz CT molecular complexity index is 508. The lowest BCUT2D eigenvalue weighted by atomic mass is 9.94. The molecule has 1 aliphatic heterocycles. The molecule has 1 aliphatic carbocycles. The van der Waals surface area contributed by atoms with E-state index >= 15 is 0 Å². The molecule has 0 bridgehead atoms. The maximum absolute atomic E-state index is 11.4. The van der Waals surface area contributed by atoms with Crippen LogP contribution in [0.25, 0.3) is 0 Å². The van der Waals surface area contributed by atoms with Crippen LogP contribution >= 0.6 is 11.8 Å². The number of thioether (sulfide) groups is 1. The molecule has 0 spiro atoms. The van der Waals surface area contributed by atoms with Gasteiger partial charge < -0.3 is 5.73 Å².